The van der Waals surface area contributed by atoms with Gasteiger partial charge < -0.3 is 14.1 Å². The van der Waals surface area contributed by atoms with Crippen LogP contribution in [-0.2, 0) is 6.54 Å². The van der Waals surface area contributed by atoms with Gasteiger partial charge in [-0.05, 0) is 25.1 Å². The summed E-state index contributed by atoms with van der Waals surface area (Å²) in [6.45, 7) is 7.35. The highest BCUT2D eigenvalue weighted by Gasteiger charge is 2.09. The molecule has 0 fully saturated rings. The standard InChI is InChI=1S/C16H19NO2/c1-4-11-17(14-7-5-13(2)6-8-14)12-15-9-10-16(18-3)19-15/h4-10H,1,11-12H2,2-3H3. The fraction of sp³-hybridized carbons (Fsp3) is 0.250. The van der Waals surface area contributed by atoms with Crippen molar-refractivity contribution in [3.05, 3.63) is 60.4 Å². The van der Waals surface area contributed by atoms with Crippen LogP contribution in [0.2, 0.25) is 0 Å². The molecule has 0 aliphatic carbocycles. The number of nitrogens with zero attached hydrogens (tertiary/aromatic N) is 1. The Labute approximate surface area is 114 Å². The molecule has 0 N–H and O–H groups in total. The summed E-state index contributed by atoms with van der Waals surface area (Å²) in [5, 5.41) is 0. The Kier molecular flexibility index (Phi) is 4.29. The topological polar surface area (TPSA) is 25.6 Å². The van der Waals surface area contributed by atoms with Gasteiger partial charge in [0.1, 0.15) is 5.76 Å². The van der Waals surface area contributed by atoms with E-state index >= 15 is 0 Å². The van der Waals surface area contributed by atoms with Crippen LogP contribution in [0.5, 0.6) is 5.95 Å². The van der Waals surface area contributed by atoms with Gasteiger partial charge in [-0.15, -0.1) is 6.58 Å². The minimum atomic E-state index is 0.539. The lowest BCUT2D eigenvalue weighted by Crippen LogP contribution is -2.22. The third-order valence-electron chi connectivity index (χ3n) is 2.93. The van der Waals surface area contributed by atoms with Crippen LogP contribution in [0, 0.1) is 6.92 Å². The number of benzene rings is 1. The predicted molar refractivity (Wildman–Crippen MR) is 77.7 cm³/mol. The first kappa shape index (κ1) is 13.3. The van der Waals surface area contributed by atoms with E-state index in [1.807, 2.05) is 18.2 Å². The minimum absolute atomic E-state index is 0.539. The lowest BCUT2D eigenvalue weighted by Gasteiger charge is -2.22. The van der Waals surface area contributed by atoms with Crippen molar-refractivity contribution in [2.75, 3.05) is 18.6 Å². The quantitative estimate of drug-likeness (QED) is 0.736. The maximum atomic E-state index is 5.56. The molecular weight excluding hydrogens is 238 g/mol. The van der Waals surface area contributed by atoms with E-state index in [1.54, 1.807) is 7.11 Å². The van der Waals surface area contributed by atoms with E-state index in [1.165, 1.54) is 5.56 Å². The molecule has 100 valence electrons. The molecule has 0 aliphatic heterocycles. The Morgan fingerprint density at radius 2 is 1.95 bits per heavy atom. The Hall–Kier alpha value is -2.16. The molecule has 3 nitrogen and oxygen atoms in total. The van der Waals surface area contributed by atoms with Crippen molar-refractivity contribution in [3.63, 3.8) is 0 Å². The van der Waals surface area contributed by atoms with E-state index < -0.39 is 0 Å². The molecule has 3 heteroatoms. The van der Waals surface area contributed by atoms with Gasteiger partial charge in [-0.1, -0.05) is 23.8 Å². The second-order valence-corrected chi connectivity index (χ2v) is 4.43. The van der Waals surface area contributed by atoms with Gasteiger partial charge in [0.25, 0.3) is 5.95 Å². The highest BCUT2D eigenvalue weighted by molar-refractivity contribution is 5.48. The fourth-order valence-electron chi connectivity index (χ4n) is 1.91. The SMILES string of the molecule is C=CCN(Cc1ccc(OC)o1)c1ccc(C)cc1. The van der Waals surface area contributed by atoms with Gasteiger partial charge in [0, 0.05) is 18.3 Å². The lowest BCUT2D eigenvalue weighted by molar-refractivity contribution is 0.294. The Balaban J connectivity index is 2.15. The Morgan fingerprint density at radius 1 is 1.21 bits per heavy atom. The van der Waals surface area contributed by atoms with Crippen LogP contribution in [0.25, 0.3) is 0 Å². The summed E-state index contributed by atoms with van der Waals surface area (Å²) in [5.41, 5.74) is 2.41. The van der Waals surface area contributed by atoms with Crippen molar-refractivity contribution in [2.45, 2.75) is 13.5 Å². The van der Waals surface area contributed by atoms with Crippen molar-refractivity contribution >= 4 is 5.69 Å². The van der Waals surface area contributed by atoms with Gasteiger partial charge in [-0.2, -0.15) is 0 Å². The largest absolute Gasteiger partial charge is 0.468 e. The third-order valence-corrected chi connectivity index (χ3v) is 2.93. The van der Waals surface area contributed by atoms with Crippen molar-refractivity contribution in [2.24, 2.45) is 0 Å². The summed E-state index contributed by atoms with van der Waals surface area (Å²) in [6, 6.07) is 12.2. The van der Waals surface area contributed by atoms with Gasteiger partial charge in [-0.25, -0.2) is 0 Å². The summed E-state index contributed by atoms with van der Waals surface area (Å²) < 4.78 is 10.6. The number of hydrogen-bond donors (Lipinski definition) is 0. The smallest absolute Gasteiger partial charge is 0.284 e. The second-order valence-electron chi connectivity index (χ2n) is 4.43. The lowest BCUT2D eigenvalue weighted by atomic mass is 10.2. The molecule has 0 spiro atoms. The molecule has 0 saturated carbocycles. The number of anilines is 1. The van der Waals surface area contributed by atoms with E-state index in [-0.39, 0.29) is 0 Å². The second kappa shape index (κ2) is 6.14. The zero-order chi connectivity index (χ0) is 13.7. The highest BCUT2D eigenvalue weighted by atomic mass is 16.6. The molecule has 0 amide bonds. The summed E-state index contributed by atoms with van der Waals surface area (Å²) in [4.78, 5) is 2.20. The minimum Gasteiger partial charge on any atom is -0.468 e. The number of furan rings is 1. The molecule has 19 heavy (non-hydrogen) atoms. The number of rotatable bonds is 6. The van der Waals surface area contributed by atoms with Crippen molar-refractivity contribution in [1.29, 1.82) is 0 Å². The van der Waals surface area contributed by atoms with Crippen LogP contribution in [0.1, 0.15) is 11.3 Å². The van der Waals surface area contributed by atoms with E-state index in [9.17, 15) is 0 Å². The fourth-order valence-corrected chi connectivity index (χ4v) is 1.91. The first-order valence-electron chi connectivity index (χ1n) is 6.28. The van der Waals surface area contributed by atoms with E-state index in [2.05, 4.69) is 42.7 Å². The monoisotopic (exact) mass is 257 g/mol. The molecule has 1 aromatic carbocycles. The molecule has 1 heterocycles. The van der Waals surface area contributed by atoms with Crippen molar-refractivity contribution in [3.8, 4) is 5.95 Å². The zero-order valence-electron chi connectivity index (χ0n) is 11.4. The maximum Gasteiger partial charge on any atom is 0.284 e. The van der Waals surface area contributed by atoms with Crippen LogP contribution in [0.15, 0.2) is 53.5 Å². The van der Waals surface area contributed by atoms with Crippen LogP contribution in [-0.4, -0.2) is 13.7 Å². The molecule has 0 radical (unpaired) electrons. The summed E-state index contributed by atoms with van der Waals surface area (Å²) >= 11 is 0. The Bertz CT molecular complexity index is 528. The molecule has 1 aromatic heterocycles. The molecule has 2 aromatic rings. The van der Waals surface area contributed by atoms with Crippen molar-refractivity contribution < 1.29 is 9.15 Å². The van der Waals surface area contributed by atoms with E-state index in [0.717, 1.165) is 18.0 Å². The number of aryl methyl sites for hydroxylation is 1. The van der Waals surface area contributed by atoms with Gasteiger partial charge in [0.15, 0.2) is 0 Å². The number of hydrogen-bond acceptors (Lipinski definition) is 3. The Morgan fingerprint density at radius 3 is 2.53 bits per heavy atom. The van der Waals surface area contributed by atoms with Crippen LogP contribution < -0.4 is 9.64 Å². The average molecular weight is 257 g/mol. The number of methoxy groups -OCH3 is 1. The normalized spacial score (nSPS) is 10.2. The molecular formula is C16H19NO2. The molecule has 0 aliphatic rings. The van der Waals surface area contributed by atoms with Gasteiger partial charge in [0.2, 0.25) is 0 Å². The first-order valence-corrected chi connectivity index (χ1v) is 6.28. The molecule has 0 atom stereocenters. The van der Waals surface area contributed by atoms with Crippen LogP contribution in [0.3, 0.4) is 0 Å². The summed E-state index contributed by atoms with van der Waals surface area (Å²) in [5.74, 6) is 1.41. The van der Waals surface area contributed by atoms with Crippen molar-refractivity contribution in [1.82, 2.24) is 0 Å². The highest BCUT2D eigenvalue weighted by Crippen LogP contribution is 2.21. The summed E-state index contributed by atoms with van der Waals surface area (Å²) in [6.07, 6.45) is 1.89. The van der Waals surface area contributed by atoms with E-state index in [0.29, 0.717) is 12.5 Å². The van der Waals surface area contributed by atoms with Crippen LogP contribution >= 0.6 is 0 Å². The molecule has 0 unspecified atom stereocenters. The first-order chi connectivity index (χ1) is 9.22. The maximum absolute atomic E-state index is 5.56. The molecule has 2 rings (SSSR count). The van der Waals surface area contributed by atoms with Gasteiger partial charge in [0.05, 0.1) is 13.7 Å². The van der Waals surface area contributed by atoms with Crippen LogP contribution in [0.4, 0.5) is 5.69 Å². The molecule has 0 saturated heterocycles. The summed E-state index contributed by atoms with van der Waals surface area (Å²) in [7, 11) is 1.60. The predicted octanol–water partition coefficient (Wildman–Crippen LogP) is 3.79. The van der Waals surface area contributed by atoms with Gasteiger partial charge >= 0.3 is 0 Å². The van der Waals surface area contributed by atoms with Gasteiger partial charge in [-0.3, -0.25) is 0 Å². The zero-order valence-corrected chi connectivity index (χ0v) is 11.4. The third kappa shape index (κ3) is 3.41. The number of ether oxygens (including phenoxy) is 1. The van der Waals surface area contributed by atoms with E-state index in [4.69, 9.17) is 9.15 Å². The average Bonchev–Trinajstić information content (AvgIpc) is 2.87. The molecule has 0 bridgehead atoms.